The van der Waals surface area contributed by atoms with Crippen molar-refractivity contribution < 1.29 is 20.3 Å². The molecular formula is C20H16BCl3N4O4. The SMILES string of the molecule is Clc1ccnc(Cl)n1.OB(O)c1cccc(O)c1.Oc1cccc(-c2ccnc(Cl)n2)c1. The molecule has 0 atom stereocenters. The first-order valence-electron chi connectivity index (χ1n) is 8.81. The summed E-state index contributed by atoms with van der Waals surface area (Å²) in [6.45, 7) is 0. The number of benzene rings is 2. The molecule has 2 aromatic carbocycles. The second-order valence-electron chi connectivity index (χ2n) is 5.88. The first-order chi connectivity index (χ1) is 15.2. The summed E-state index contributed by atoms with van der Waals surface area (Å²) in [6.07, 6.45) is 3.08. The molecule has 0 aliphatic rings. The number of hydrogen-bond acceptors (Lipinski definition) is 8. The molecule has 0 saturated heterocycles. The minimum absolute atomic E-state index is 0.0330. The third kappa shape index (κ3) is 9.05. The number of nitrogens with zero attached hydrogens (tertiary/aromatic N) is 4. The van der Waals surface area contributed by atoms with Gasteiger partial charge < -0.3 is 20.3 Å². The lowest BCUT2D eigenvalue weighted by atomic mass is 9.80. The Labute approximate surface area is 198 Å². The Morgan fingerprint density at radius 2 is 1.28 bits per heavy atom. The van der Waals surface area contributed by atoms with Gasteiger partial charge in [-0.2, -0.15) is 0 Å². The average Bonchev–Trinajstić information content (AvgIpc) is 2.74. The zero-order chi connectivity index (χ0) is 23.5. The number of aromatic nitrogens is 4. The Hall–Kier alpha value is -2.95. The fourth-order valence-electron chi connectivity index (χ4n) is 2.16. The predicted molar refractivity (Wildman–Crippen MR) is 124 cm³/mol. The van der Waals surface area contributed by atoms with Gasteiger partial charge in [-0.25, -0.2) is 19.9 Å². The maximum Gasteiger partial charge on any atom is 0.488 e. The maximum atomic E-state index is 9.27. The Morgan fingerprint density at radius 1 is 0.688 bits per heavy atom. The Morgan fingerprint density at radius 3 is 1.75 bits per heavy atom. The van der Waals surface area contributed by atoms with E-state index in [0.717, 1.165) is 5.56 Å². The summed E-state index contributed by atoms with van der Waals surface area (Å²) in [5.41, 5.74) is 1.80. The number of phenols is 2. The summed E-state index contributed by atoms with van der Waals surface area (Å²) in [4.78, 5) is 15.0. The summed E-state index contributed by atoms with van der Waals surface area (Å²) < 4.78 is 0. The fraction of sp³-hybridized carbons (Fsp3) is 0. The molecule has 0 radical (unpaired) electrons. The van der Waals surface area contributed by atoms with Gasteiger partial charge in [0.25, 0.3) is 0 Å². The first kappa shape index (κ1) is 25.3. The van der Waals surface area contributed by atoms with Gasteiger partial charge in [-0.1, -0.05) is 35.9 Å². The van der Waals surface area contributed by atoms with Crippen LogP contribution >= 0.6 is 34.8 Å². The highest BCUT2D eigenvalue weighted by Crippen LogP contribution is 2.21. The molecule has 4 rings (SSSR count). The van der Waals surface area contributed by atoms with Gasteiger partial charge in [0, 0.05) is 18.0 Å². The maximum absolute atomic E-state index is 9.27. The third-order valence-corrected chi connectivity index (χ3v) is 4.10. The van der Waals surface area contributed by atoms with Crippen molar-refractivity contribution in [2.24, 2.45) is 0 Å². The third-order valence-electron chi connectivity index (χ3n) is 3.53. The number of halogens is 3. The minimum atomic E-state index is -1.51. The van der Waals surface area contributed by atoms with Crippen LogP contribution in [0.3, 0.4) is 0 Å². The van der Waals surface area contributed by atoms with Gasteiger partial charge in [0.1, 0.15) is 16.7 Å². The molecule has 164 valence electrons. The second kappa shape index (κ2) is 12.8. The van der Waals surface area contributed by atoms with E-state index in [1.54, 1.807) is 42.6 Å². The van der Waals surface area contributed by atoms with Crippen molar-refractivity contribution in [2.45, 2.75) is 0 Å². The quantitative estimate of drug-likeness (QED) is 0.190. The number of phenolic OH excluding ortho intramolecular Hbond substituents is 2. The van der Waals surface area contributed by atoms with Crippen LogP contribution in [0.25, 0.3) is 11.3 Å². The summed E-state index contributed by atoms with van der Waals surface area (Å²) >= 11 is 16.4. The molecule has 0 unspecified atom stereocenters. The molecule has 12 heteroatoms. The van der Waals surface area contributed by atoms with Crippen LogP contribution in [0.4, 0.5) is 0 Å². The zero-order valence-corrected chi connectivity index (χ0v) is 18.5. The van der Waals surface area contributed by atoms with Crippen molar-refractivity contribution in [1.29, 1.82) is 0 Å². The van der Waals surface area contributed by atoms with Crippen LogP contribution in [0.2, 0.25) is 15.7 Å². The van der Waals surface area contributed by atoms with Crippen molar-refractivity contribution in [3.63, 3.8) is 0 Å². The van der Waals surface area contributed by atoms with Gasteiger partial charge >= 0.3 is 7.12 Å². The lowest BCUT2D eigenvalue weighted by Crippen LogP contribution is -2.29. The fourth-order valence-corrected chi connectivity index (χ4v) is 2.64. The van der Waals surface area contributed by atoms with Crippen LogP contribution in [-0.2, 0) is 0 Å². The molecule has 8 nitrogen and oxygen atoms in total. The molecule has 4 aromatic rings. The molecule has 0 aliphatic carbocycles. The monoisotopic (exact) mass is 492 g/mol. The number of rotatable bonds is 2. The number of hydrogen-bond donors (Lipinski definition) is 4. The van der Waals surface area contributed by atoms with E-state index < -0.39 is 7.12 Å². The highest BCUT2D eigenvalue weighted by atomic mass is 35.5. The van der Waals surface area contributed by atoms with E-state index in [9.17, 15) is 5.11 Å². The highest BCUT2D eigenvalue weighted by Gasteiger charge is 2.09. The van der Waals surface area contributed by atoms with Crippen molar-refractivity contribution >= 4 is 47.4 Å². The van der Waals surface area contributed by atoms with Crippen LogP contribution in [0.15, 0.2) is 73.1 Å². The van der Waals surface area contributed by atoms with Crippen LogP contribution in [0.5, 0.6) is 11.5 Å². The molecule has 0 aliphatic heterocycles. The van der Waals surface area contributed by atoms with Crippen molar-refractivity contribution in [1.82, 2.24) is 19.9 Å². The average molecular weight is 494 g/mol. The number of aromatic hydroxyl groups is 2. The van der Waals surface area contributed by atoms with Crippen LogP contribution in [-0.4, -0.2) is 47.3 Å². The lowest BCUT2D eigenvalue weighted by Gasteiger charge is -2.00. The van der Waals surface area contributed by atoms with E-state index in [0.29, 0.717) is 16.3 Å². The summed E-state index contributed by atoms with van der Waals surface area (Å²) in [5, 5.41) is 36.0. The van der Waals surface area contributed by atoms with Crippen molar-refractivity contribution in [2.75, 3.05) is 0 Å². The largest absolute Gasteiger partial charge is 0.508 e. The Bertz CT molecular complexity index is 1090. The molecule has 2 aromatic heterocycles. The van der Waals surface area contributed by atoms with E-state index in [2.05, 4.69) is 19.9 Å². The molecule has 0 amide bonds. The van der Waals surface area contributed by atoms with Crippen molar-refractivity contribution in [3.8, 4) is 22.8 Å². The molecule has 2 heterocycles. The smallest absolute Gasteiger partial charge is 0.488 e. The van der Waals surface area contributed by atoms with Crippen LogP contribution in [0.1, 0.15) is 0 Å². The van der Waals surface area contributed by atoms with Gasteiger partial charge in [-0.3, -0.25) is 0 Å². The molecule has 0 bridgehead atoms. The second-order valence-corrected chi connectivity index (χ2v) is 6.94. The van der Waals surface area contributed by atoms with Gasteiger partial charge in [-0.05, 0) is 65.1 Å². The highest BCUT2D eigenvalue weighted by molar-refractivity contribution is 6.58. The topological polar surface area (TPSA) is 132 Å². The van der Waals surface area contributed by atoms with E-state index in [4.69, 9.17) is 50.0 Å². The molecule has 0 saturated carbocycles. The van der Waals surface area contributed by atoms with Gasteiger partial charge in [0.15, 0.2) is 0 Å². The molecule has 0 fully saturated rings. The van der Waals surface area contributed by atoms with E-state index in [1.165, 1.54) is 24.4 Å². The molecule has 32 heavy (non-hydrogen) atoms. The van der Waals surface area contributed by atoms with E-state index >= 15 is 0 Å². The standard InChI is InChI=1S/C10H7ClN2O.C6H7BO3.C4H2Cl2N2/c11-10-12-5-4-9(13-10)7-2-1-3-8(14)6-7;8-6-3-1-2-5(4-6)7(9)10;5-3-1-2-7-4(6)8-3/h1-6,14H;1-4,8-10H;1-2H. The van der Waals surface area contributed by atoms with Crippen LogP contribution in [0, 0.1) is 0 Å². The lowest BCUT2D eigenvalue weighted by molar-refractivity contribution is 0.424. The van der Waals surface area contributed by atoms with E-state index in [-0.39, 0.29) is 22.1 Å². The Balaban J connectivity index is 0.000000178. The van der Waals surface area contributed by atoms with Gasteiger partial charge in [0.2, 0.25) is 10.6 Å². The first-order valence-corrected chi connectivity index (χ1v) is 9.95. The summed E-state index contributed by atoms with van der Waals surface area (Å²) in [6, 6.07) is 15.9. The zero-order valence-electron chi connectivity index (χ0n) is 16.2. The summed E-state index contributed by atoms with van der Waals surface area (Å²) in [5.74, 6) is 0.239. The predicted octanol–water partition coefficient (Wildman–Crippen LogP) is 3.36. The van der Waals surface area contributed by atoms with Gasteiger partial charge in [0.05, 0.1) is 5.69 Å². The summed E-state index contributed by atoms with van der Waals surface area (Å²) in [7, 11) is -1.51. The minimum Gasteiger partial charge on any atom is -0.508 e. The van der Waals surface area contributed by atoms with Crippen molar-refractivity contribution in [3.05, 3.63) is 88.8 Å². The van der Waals surface area contributed by atoms with Crippen LogP contribution < -0.4 is 5.46 Å². The molecular weight excluding hydrogens is 477 g/mol. The van der Waals surface area contributed by atoms with Gasteiger partial charge in [-0.15, -0.1) is 0 Å². The molecule has 4 N–H and O–H groups in total. The Kier molecular flexibility index (Phi) is 10.1. The van der Waals surface area contributed by atoms with E-state index in [1.807, 2.05) is 6.07 Å². The normalized spacial score (nSPS) is 9.66. The molecule has 0 spiro atoms.